The largest absolute Gasteiger partial charge is 0.326 e. The Hall–Kier alpha value is -0.830. The van der Waals surface area contributed by atoms with E-state index in [-0.39, 0.29) is 0 Å². The van der Waals surface area contributed by atoms with Gasteiger partial charge in [0.05, 0.1) is 0 Å². The zero-order valence-electron chi connectivity index (χ0n) is 8.46. The first-order valence-electron chi connectivity index (χ1n) is 4.76. The molecule has 0 aliphatic heterocycles. The van der Waals surface area contributed by atoms with Crippen LogP contribution < -0.4 is 5.73 Å². The summed E-state index contributed by atoms with van der Waals surface area (Å²) in [5.74, 6) is 0. The minimum absolute atomic E-state index is 0.593. The Bertz CT molecular complexity index is 476. The number of rotatable bonds is 2. The quantitative estimate of drug-likeness (QED) is 0.844. The minimum Gasteiger partial charge on any atom is -0.326 e. The van der Waals surface area contributed by atoms with Crippen molar-refractivity contribution in [3.63, 3.8) is 0 Å². The first kappa shape index (κ1) is 10.7. The zero-order valence-corrected chi connectivity index (χ0v) is 10.0. The normalized spacial score (nSPS) is 10.6. The Morgan fingerprint density at radius 1 is 1.33 bits per heavy atom. The Morgan fingerprint density at radius 3 is 2.67 bits per heavy atom. The lowest BCUT2D eigenvalue weighted by molar-refractivity contribution is 1.10. The lowest BCUT2D eigenvalue weighted by Gasteiger charge is -2.01. The number of benzene rings is 1. The van der Waals surface area contributed by atoms with Crippen molar-refractivity contribution in [2.24, 2.45) is 5.73 Å². The number of hydrogen-bond acceptors (Lipinski definition) is 2. The highest BCUT2D eigenvalue weighted by atomic mass is 35.5. The second kappa shape index (κ2) is 4.35. The van der Waals surface area contributed by atoms with Gasteiger partial charge in [-0.3, -0.25) is 0 Å². The molecule has 78 valence electrons. The van der Waals surface area contributed by atoms with E-state index in [1.165, 1.54) is 15.3 Å². The zero-order chi connectivity index (χ0) is 10.8. The lowest BCUT2D eigenvalue weighted by Crippen LogP contribution is -1.91. The molecule has 0 atom stereocenters. The highest BCUT2D eigenvalue weighted by Gasteiger charge is 2.09. The molecule has 15 heavy (non-hydrogen) atoms. The average Bonchev–Trinajstić information content (AvgIpc) is 2.60. The van der Waals surface area contributed by atoms with Crippen LogP contribution in [0.5, 0.6) is 0 Å². The predicted molar refractivity (Wildman–Crippen MR) is 67.4 cm³/mol. The van der Waals surface area contributed by atoms with Crippen molar-refractivity contribution >= 4 is 22.9 Å². The van der Waals surface area contributed by atoms with Crippen LogP contribution in [-0.2, 0) is 6.54 Å². The summed E-state index contributed by atoms with van der Waals surface area (Å²) in [7, 11) is 0. The van der Waals surface area contributed by atoms with Crippen molar-refractivity contribution in [1.29, 1.82) is 0 Å². The molecule has 1 nitrogen and oxygen atoms in total. The first-order valence-corrected chi connectivity index (χ1v) is 5.96. The fourth-order valence-corrected chi connectivity index (χ4v) is 2.94. The molecule has 3 heteroatoms. The van der Waals surface area contributed by atoms with Gasteiger partial charge in [0, 0.05) is 26.9 Å². The van der Waals surface area contributed by atoms with E-state index in [9.17, 15) is 0 Å². The Balaban J connectivity index is 2.54. The molecule has 0 unspecified atom stereocenters. The highest BCUT2D eigenvalue weighted by molar-refractivity contribution is 7.15. The third-order valence-corrected chi connectivity index (χ3v) is 3.91. The molecule has 0 amide bonds. The van der Waals surface area contributed by atoms with Gasteiger partial charge in [0.2, 0.25) is 0 Å². The van der Waals surface area contributed by atoms with Gasteiger partial charge in [0.25, 0.3) is 0 Å². The van der Waals surface area contributed by atoms with Gasteiger partial charge in [-0.1, -0.05) is 29.8 Å². The Morgan fingerprint density at radius 2 is 2.07 bits per heavy atom. The SMILES string of the molecule is Cc1cc(CN)sc1-c1ccccc1Cl. The molecule has 0 fully saturated rings. The van der Waals surface area contributed by atoms with E-state index in [0.29, 0.717) is 6.54 Å². The van der Waals surface area contributed by atoms with Crippen molar-refractivity contribution in [3.05, 3.63) is 45.8 Å². The lowest BCUT2D eigenvalue weighted by atomic mass is 10.1. The summed E-state index contributed by atoms with van der Waals surface area (Å²) in [6.45, 7) is 2.68. The monoisotopic (exact) mass is 237 g/mol. The molecule has 1 aromatic heterocycles. The summed E-state index contributed by atoms with van der Waals surface area (Å²) in [5.41, 5.74) is 7.97. The number of hydrogen-bond donors (Lipinski definition) is 1. The van der Waals surface area contributed by atoms with Gasteiger partial charge in [-0.15, -0.1) is 11.3 Å². The summed E-state index contributed by atoms with van der Waals surface area (Å²) >= 11 is 7.88. The smallest absolute Gasteiger partial charge is 0.0492 e. The van der Waals surface area contributed by atoms with Gasteiger partial charge in [0.1, 0.15) is 0 Å². The molecule has 0 bridgehead atoms. The van der Waals surface area contributed by atoms with Crippen molar-refractivity contribution < 1.29 is 0 Å². The average molecular weight is 238 g/mol. The van der Waals surface area contributed by atoms with Crippen LogP contribution in [0.2, 0.25) is 5.02 Å². The molecule has 0 aliphatic carbocycles. The molecule has 0 aliphatic rings. The second-order valence-electron chi connectivity index (χ2n) is 3.41. The molecular formula is C12H12ClNS. The molecule has 0 saturated heterocycles. The minimum atomic E-state index is 0.593. The molecule has 1 heterocycles. The van der Waals surface area contributed by atoms with Crippen LogP contribution in [-0.4, -0.2) is 0 Å². The summed E-state index contributed by atoms with van der Waals surface area (Å²) in [5, 5.41) is 0.797. The Kier molecular flexibility index (Phi) is 3.10. The van der Waals surface area contributed by atoms with E-state index in [0.717, 1.165) is 10.6 Å². The molecular weight excluding hydrogens is 226 g/mol. The summed E-state index contributed by atoms with van der Waals surface area (Å²) in [6.07, 6.45) is 0. The topological polar surface area (TPSA) is 26.0 Å². The molecule has 0 radical (unpaired) electrons. The number of halogens is 1. The van der Waals surface area contributed by atoms with Gasteiger partial charge in [-0.05, 0) is 24.6 Å². The number of nitrogens with two attached hydrogens (primary N) is 1. The maximum Gasteiger partial charge on any atom is 0.0492 e. The second-order valence-corrected chi connectivity index (χ2v) is 4.95. The van der Waals surface area contributed by atoms with Gasteiger partial charge >= 0.3 is 0 Å². The van der Waals surface area contributed by atoms with E-state index in [2.05, 4.69) is 13.0 Å². The van der Waals surface area contributed by atoms with Crippen LogP contribution in [0, 0.1) is 6.92 Å². The maximum absolute atomic E-state index is 6.16. The summed E-state index contributed by atoms with van der Waals surface area (Å²) in [4.78, 5) is 2.42. The van der Waals surface area contributed by atoms with Crippen LogP contribution in [0.3, 0.4) is 0 Å². The van der Waals surface area contributed by atoms with Crippen molar-refractivity contribution in [3.8, 4) is 10.4 Å². The predicted octanol–water partition coefficient (Wildman–Crippen LogP) is 3.84. The molecule has 0 spiro atoms. The van der Waals surface area contributed by atoms with Crippen LogP contribution in [0.1, 0.15) is 10.4 Å². The van der Waals surface area contributed by atoms with Crippen LogP contribution in [0.25, 0.3) is 10.4 Å². The van der Waals surface area contributed by atoms with E-state index >= 15 is 0 Å². The van der Waals surface area contributed by atoms with Crippen molar-refractivity contribution in [2.75, 3.05) is 0 Å². The third-order valence-electron chi connectivity index (χ3n) is 2.29. The fraction of sp³-hybridized carbons (Fsp3) is 0.167. The van der Waals surface area contributed by atoms with Crippen LogP contribution in [0.4, 0.5) is 0 Å². The first-order chi connectivity index (χ1) is 7.22. The molecule has 2 N–H and O–H groups in total. The fourth-order valence-electron chi connectivity index (χ4n) is 1.56. The van der Waals surface area contributed by atoms with E-state index in [4.69, 9.17) is 17.3 Å². The van der Waals surface area contributed by atoms with Crippen LogP contribution >= 0.6 is 22.9 Å². The van der Waals surface area contributed by atoms with Gasteiger partial charge in [-0.25, -0.2) is 0 Å². The van der Waals surface area contributed by atoms with Crippen molar-refractivity contribution in [2.45, 2.75) is 13.5 Å². The standard InChI is InChI=1S/C12H12ClNS/c1-8-6-9(7-14)15-12(8)10-4-2-3-5-11(10)13/h2-6H,7,14H2,1H3. The maximum atomic E-state index is 6.16. The van der Waals surface area contributed by atoms with Gasteiger partial charge in [0.15, 0.2) is 0 Å². The summed E-state index contributed by atoms with van der Waals surface area (Å²) in [6, 6.07) is 10.0. The van der Waals surface area contributed by atoms with E-state index in [1.807, 2.05) is 24.3 Å². The third kappa shape index (κ3) is 2.07. The van der Waals surface area contributed by atoms with E-state index < -0.39 is 0 Å². The van der Waals surface area contributed by atoms with Crippen LogP contribution in [0.15, 0.2) is 30.3 Å². The van der Waals surface area contributed by atoms with Crippen molar-refractivity contribution in [1.82, 2.24) is 0 Å². The molecule has 2 aromatic rings. The highest BCUT2D eigenvalue weighted by Crippen LogP contribution is 2.36. The molecule has 2 rings (SSSR count). The number of aryl methyl sites for hydroxylation is 1. The van der Waals surface area contributed by atoms with Gasteiger partial charge in [-0.2, -0.15) is 0 Å². The molecule has 1 aromatic carbocycles. The van der Waals surface area contributed by atoms with Gasteiger partial charge < -0.3 is 5.73 Å². The van der Waals surface area contributed by atoms with E-state index in [1.54, 1.807) is 11.3 Å². The summed E-state index contributed by atoms with van der Waals surface area (Å²) < 4.78 is 0. The number of thiophene rings is 1. The molecule has 0 saturated carbocycles. The Labute approximate surface area is 98.5 Å².